The number of para-hydroxylation sites is 1. The minimum Gasteiger partial charge on any atom is -0.310 e. The van der Waals surface area contributed by atoms with Crippen molar-refractivity contribution in [1.82, 2.24) is 4.57 Å². The van der Waals surface area contributed by atoms with Gasteiger partial charge in [0.1, 0.15) is 0 Å². The number of fused-ring (bicyclic) bond motifs is 6. The summed E-state index contributed by atoms with van der Waals surface area (Å²) in [6.07, 6.45) is 0. The lowest BCUT2D eigenvalue weighted by molar-refractivity contribution is 0.660. The van der Waals surface area contributed by atoms with Gasteiger partial charge in [0.2, 0.25) is 0 Å². The van der Waals surface area contributed by atoms with Crippen molar-refractivity contribution in [3.05, 3.63) is 266 Å². The molecule has 0 amide bonds. The molecule has 0 aliphatic heterocycles. The summed E-state index contributed by atoms with van der Waals surface area (Å²) < 4.78 is 2.46. The zero-order valence-corrected chi connectivity index (χ0v) is 39.9. The van der Waals surface area contributed by atoms with Gasteiger partial charge in [-0.15, -0.1) is 11.3 Å². The lowest BCUT2D eigenvalue weighted by atomic mass is 9.82. The van der Waals surface area contributed by atoms with Crippen molar-refractivity contribution in [1.29, 1.82) is 0 Å². The molecule has 2 nitrogen and oxygen atoms in total. The van der Waals surface area contributed by atoms with Gasteiger partial charge in [-0.3, -0.25) is 0 Å². The topological polar surface area (TPSA) is 8.17 Å². The fourth-order valence-electron chi connectivity index (χ4n) is 10.8. The van der Waals surface area contributed by atoms with Gasteiger partial charge in [-0.1, -0.05) is 190 Å². The molecule has 0 spiro atoms. The summed E-state index contributed by atoms with van der Waals surface area (Å²) >= 11 is 1.84. The van der Waals surface area contributed by atoms with E-state index in [2.05, 4.69) is 278 Å². The zero-order chi connectivity index (χ0) is 46.8. The molecule has 0 saturated carbocycles. The Morgan fingerprint density at radius 3 is 1.37 bits per heavy atom. The third-order valence-corrected chi connectivity index (χ3v) is 15.6. The van der Waals surface area contributed by atoms with Gasteiger partial charge in [0.25, 0.3) is 0 Å². The van der Waals surface area contributed by atoms with Gasteiger partial charge in [-0.25, -0.2) is 0 Å². The fourth-order valence-corrected chi connectivity index (χ4v) is 11.8. The summed E-state index contributed by atoms with van der Waals surface area (Å²) in [5.41, 5.74) is 21.7. The van der Waals surface area contributed by atoms with Gasteiger partial charge >= 0.3 is 0 Å². The quantitative estimate of drug-likeness (QED) is 0.140. The Morgan fingerprint density at radius 1 is 0.329 bits per heavy atom. The molecular weight excluding hydrogens is 865 g/mol. The number of rotatable bonds is 9. The maximum absolute atomic E-state index is 2.46. The van der Waals surface area contributed by atoms with Crippen LogP contribution in [0.1, 0.15) is 25.0 Å². The van der Waals surface area contributed by atoms with E-state index in [9.17, 15) is 0 Å². The highest BCUT2D eigenvalue weighted by molar-refractivity contribution is 7.18. The largest absolute Gasteiger partial charge is 0.310 e. The first-order chi connectivity index (χ1) is 34.4. The van der Waals surface area contributed by atoms with E-state index in [-0.39, 0.29) is 5.41 Å². The average molecular weight is 913 g/mol. The summed E-state index contributed by atoms with van der Waals surface area (Å²) in [7, 11) is 0. The normalized spacial score (nSPS) is 12.5. The molecule has 1 aliphatic carbocycles. The molecule has 1 aliphatic rings. The van der Waals surface area contributed by atoms with Crippen molar-refractivity contribution >= 4 is 50.2 Å². The molecule has 10 aromatic carbocycles. The van der Waals surface area contributed by atoms with Crippen LogP contribution in [0.4, 0.5) is 17.1 Å². The second-order valence-electron chi connectivity index (χ2n) is 18.9. The summed E-state index contributed by atoms with van der Waals surface area (Å²) in [4.78, 5) is 4.97. The fraction of sp³-hybridized carbons (Fsp3) is 0.0448. The van der Waals surface area contributed by atoms with Crippen LogP contribution < -0.4 is 4.90 Å². The van der Waals surface area contributed by atoms with Crippen molar-refractivity contribution in [2.75, 3.05) is 4.90 Å². The van der Waals surface area contributed by atoms with Gasteiger partial charge in [0.15, 0.2) is 0 Å². The van der Waals surface area contributed by atoms with E-state index in [1.54, 1.807) is 0 Å². The number of nitrogens with zero attached hydrogens (tertiary/aromatic N) is 2. The predicted octanol–water partition coefficient (Wildman–Crippen LogP) is 19.0. The minimum atomic E-state index is -0.249. The van der Waals surface area contributed by atoms with Crippen LogP contribution >= 0.6 is 11.3 Å². The van der Waals surface area contributed by atoms with E-state index in [0.29, 0.717) is 0 Å². The summed E-state index contributed by atoms with van der Waals surface area (Å²) in [5, 5.41) is 2.51. The number of hydrogen-bond acceptors (Lipinski definition) is 2. The van der Waals surface area contributed by atoms with Crippen molar-refractivity contribution < 1.29 is 0 Å². The lowest BCUT2D eigenvalue weighted by Crippen LogP contribution is -2.17. The highest BCUT2D eigenvalue weighted by Gasteiger charge is 2.36. The Hall–Kier alpha value is -8.50. The molecule has 12 aromatic rings. The second-order valence-corrected chi connectivity index (χ2v) is 20.0. The van der Waals surface area contributed by atoms with Crippen LogP contribution in [0.25, 0.3) is 92.9 Å². The Balaban J connectivity index is 0.846. The molecule has 0 radical (unpaired) electrons. The van der Waals surface area contributed by atoms with E-state index in [1.165, 1.54) is 104 Å². The second kappa shape index (κ2) is 16.9. The Morgan fingerprint density at radius 2 is 0.757 bits per heavy atom. The van der Waals surface area contributed by atoms with E-state index in [1.807, 2.05) is 11.3 Å². The maximum atomic E-state index is 2.46. The van der Waals surface area contributed by atoms with Crippen molar-refractivity contribution in [2.24, 2.45) is 0 Å². The Labute approximate surface area is 413 Å². The van der Waals surface area contributed by atoms with E-state index >= 15 is 0 Å². The third-order valence-electron chi connectivity index (χ3n) is 14.5. The van der Waals surface area contributed by atoms with Crippen LogP contribution in [0, 0.1) is 0 Å². The third kappa shape index (κ3) is 7.17. The Bertz CT molecular complexity index is 3780. The van der Waals surface area contributed by atoms with Crippen molar-refractivity contribution in [3.63, 3.8) is 0 Å². The predicted molar refractivity (Wildman–Crippen MR) is 298 cm³/mol. The van der Waals surface area contributed by atoms with Crippen LogP contribution in [0.15, 0.2) is 255 Å². The summed E-state index contributed by atoms with van der Waals surface area (Å²) in [6, 6.07) is 93.5. The maximum Gasteiger partial charge on any atom is 0.0541 e. The summed E-state index contributed by atoms with van der Waals surface area (Å²) in [6.45, 7) is 4.78. The first kappa shape index (κ1) is 41.7. The van der Waals surface area contributed by atoms with Gasteiger partial charge in [0, 0.05) is 48.7 Å². The van der Waals surface area contributed by atoms with Crippen molar-refractivity contribution in [2.45, 2.75) is 19.3 Å². The van der Waals surface area contributed by atoms with Gasteiger partial charge in [0.05, 0.1) is 11.0 Å². The molecule has 0 N–H and O–H groups in total. The number of anilines is 3. The lowest BCUT2D eigenvalue weighted by Gasteiger charge is -2.28. The number of aromatic nitrogens is 1. The highest BCUT2D eigenvalue weighted by Crippen LogP contribution is 2.52. The number of hydrogen-bond donors (Lipinski definition) is 0. The van der Waals surface area contributed by atoms with Gasteiger partial charge in [-0.2, -0.15) is 0 Å². The van der Waals surface area contributed by atoms with E-state index < -0.39 is 0 Å². The first-order valence-electron chi connectivity index (χ1n) is 24.1. The zero-order valence-electron chi connectivity index (χ0n) is 39.1. The molecular formula is C67H48N2S. The molecule has 0 saturated heterocycles. The smallest absolute Gasteiger partial charge is 0.0541 e. The molecule has 3 heteroatoms. The van der Waals surface area contributed by atoms with E-state index in [4.69, 9.17) is 0 Å². The molecule has 0 fully saturated rings. The first-order valence-corrected chi connectivity index (χ1v) is 25.0. The SMILES string of the molecule is CC1(C)c2cc(N(c3ccc(-c4ccccc4)cc3)c3ccc(-c4ccccc4)cc3)ccc2-c2ccc(-n3c4ccccc4c4cc(-c5ccc(-c6ccc(-c7ccccc7)s6)cc5)ccc43)cc21. The minimum absolute atomic E-state index is 0.249. The number of benzene rings is 10. The molecule has 0 unspecified atom stereocenters. The van der Waals surface area contributed by atoms with Crippen LogP contribution in [-0.2, 0) is 5.41 Å². The monoisotopic (exact) mass is 912 g/mol. The van der Waals surface area contributed by atoms with E-state index in [0.717, 1.165) is 17.1 Å². The van der Waals surface area contributed by atoms with Crippen LogP contribution in [0.3, 0.4) is 0 Å². The highest BCUT2D eigenvalue weighted by atomic mass is 32.1. The molecule has 332 valence electrons. The molecule has 70 heavy (non-hydrogen) atoms. The average Bonchev–Trinajstić information content (AvgIpc) is 4.11. The van der Waals surface area contributed by atoms with Gasteiger partial charge in [-0.05, 0) is 146 Å². The Kier molecular flexibility index (Phi) is 10.1. The van der Waals surface area contributed by atoms with Crippen LogP contribution in [0.2, 0.25) is 0 Å². The van der Waals surface area contributed by atoms with Crippen LogP contribution in [-0.4, -0.2) is 4.57 Å². The molecule has 2 aromatic heterocycles. The molecule has 2 heterocycles. The number of thiophene rings is 1. The molecule has 13 rings (SSSR count). The standard InChI is InChI=1S/C67H48N2S/c1-67(2)61-43-55(68(53-31-26-47(27-32-53)45-14-6-3-7-15-45)54-33-28-48(29-34-54)46-16-8-4-9-17-46)35-37-57(61)58-38-36-56(44-62(58)67)69-63-21-13-12-20-59(63)60-42-52(30-39-64(60)69)49-22-24-51(25-23-49)66-41-40-65(70-66)50-18-10-5-11-19-50/h3-44H,1-2H3. The van der Waals surface area contributed by atoms with Crippen LogP contribution in [0.5, 0.6) is 0 Å². The van der Waals surface area contributed by atoms with Crippen molar-refractivity contribution in [3.8, 4) is 71.1 Å². The summed E-state index contributed by atoms with van der Waals surface area (Å²) in [5.74, 6) is 0. The van der Waals surface area contributed by atoms with Gasteiger partial charge < -0.3 is 9.47 Å². The molecule has 0 bridgehead atoms. The molecule has 0 atom stereocenters.